The van der Waals surface area contributed by atoms with Crippen LogP contribution in [0.2, 0.25) is 0 Å². The fourth-order valence-corrected chi connectivity index (χ4v) is 2.15. The first-order valence-electron chi connectivity index (χ1n) is 5.76. The predicted octanol–water partition coefficient (Wildman–Crippen LogP) is 4.85. The molecule has 0 heterocycles. The van der Waals surface area contributed by atoms with E-state index in [0.29, 0.717) is 17.5 Å². The van der Waals surface area contributed by atoms with Gasteiger partial charge in [0.1, 0.15) is 12.4 Å². The van der Waals surface area contributed by atoms with Crippen LogP contribution in [0.5, 0.6) is 0 Å². The number of hydrogen-bond acceptors (Lipinski definition) is 1. The molecule has 108 valence electrons. The lowest BCUT2D eigenvalue weighted by atomic mass is 10.0. The van der Waals surface area contributed by atoms with Gasteiger partial charge in [-0.15, -0.1) is 0 Å². The molecule has 6 heteroatoms. The maximum Gasteiger partial charge on any atom is 0.411 e. The van der Waals surface area contributed by atoms with Gasteiger partial charge < -0.3 is 4.74 Å². The number of ether oxygens (including phenoxy) is 1. The Balaban J connectivity index is 2.52. The molecular weight excluding hydrogens is 328 g/mol. The minimum Gasteiger partial charge on any atom is -0.372 e. The molecule has 0 N–H and O–H groups in total. The average Bonchev–Trinajstić information content (AvgIpc) is 2.29. The van der Waals surface area contributed by atoms with Crippen LogP contribution >= 0.6 is 15.9 Å². The fourth-order valence-electron chi connectivity index (χ4n) is 1.70. The van der Waals surface area contributed by atoms with Gasteiger partial charge >= 0.3 is 6.18 Å². The van der Waals surface area contributed by atoms with E-state index in [1.54, 1.807) is 26.0 Å². The zero-order valence-electron chi connectivity index (χ0n) is 10.7. The summed E-state index contributed by atoms with van der Waals surface area (Å²) in [7, 11) is 0. The summed E-state index contributed by atoms with van der Waals surface area (Å²) in [4.78, 5) is -0.154. The molecule has 0 aliphatic rings. The van der Waals surface area contributed by atoms with Crippen LogP contribution in [0.3, 0.4) is 0 Å². The quantitative estimate of drug-likeness (QED) is 0.422. The van der Waals surface area contributed by atoms with Crippen molar-refractivity contribution in [2.75, 3.05) is 13.2 Å². The Labute approximate surface area is 118 Å². The van der Waals surface area contributed by atoms with Gasteiger partial charge in [-0.2, -0.15) is 13.2 Å². The van der Waals surface area contributed by atoms with E-state index >= 15 is 0 Å². The van der Waals surface area contributed by atoms with E-state index in [2.05, 4.69) is 20.7 Å². The second-order valence-electron chi connectivity index (χ2n) is 4.39. The molecule has 0 amide bonds. The van der Waals surface area contributed by atoms with Crippen LogP contribution in [-0.4, -0.2) is 19.4 Å². The van der Waals surface area contributed by atoms with Gasteiger partial charge in [0.15, 0.2) is 0 Å². The highest BCUT2D eigenvalue weighted by Gasteiger charge is 2.27. The largest absolute Gasteiger partial charge is 0.411 e. The van der Waals surface area contributed by atoms with E-state index in [9.17, 15) is 17.6 Å². The molecule has 0 aliphatic carbocycles. The monoisotopic (exact) mass is 342 g/mol. The third kappa shape index (κ3) is 5.48. The molecule has 1 atom stereocenters. The van der Waals surface area contributed by atoms with Crippen LogP contribution in [0.1, 0.15) is 27.9 Å². The van der Waals surface area contributed by atoms with Gasteiger partial charge in [-0.05, 0) is 37.0 Å². The highest BCUT2D eigenvalue weighted by molar-refractivity contribution is 9.09. The molecule has 19 heavy (non-hydrogen) atoms. The molecule has 0 fully saturated rings. The molecule has 0 aliphatic heterocycles. The minimum atomic E-state index is -4.30. The zero-order chi connectivity index (χ0) is 14.6. The molecule has 0 saturated carbocycles. The summed E-state index contributed by atoms with van der Waals surface area (Å²) < 4.78 is 53.6. The third-order valence-electron chi connectivity index (χ3n) is 2.60. The van der Waals surface area contributed by atoms with Gasteiger partial charge in [-0.1, -0.05) is 28.1 Å². The molecule has 0 spiro atoms. The Bertz CT molecular complexity index is 408. The van der Waals surface area contributed by atoms with Crippen molar-refractivity contribution in [3.8, 4) is 0 Å². The van der Waals surface area contributed by atoms with Gasteiger partial charge in [0.25, 0.3) is 0 Å². The maximum absolute atomic E-state index is 13.4. The van der Waals surface area contributed by atoms with Crippen LogP contribution in [0.4, 0.5) is 17.6 Å². The van der Waals surface area contributed by atoms with Crippen LogP contribution in [0.25, 0.3) is 0 Å². The van der Waals surface area contributed by atoms with E-state index in [4.69, 9.17) is 0 Å². The van der Waals surface area contributed by atoms with Crippen molar-refractivity contribution in [3.05, 3.63) is 34.6 Å². The fraction of sp³-hybridized carbons (Fsp3) is 0.538. The number of aryl methyl sites for hydroxylation is 2. The number of hydrogen-bond donors (Lipinski definition) is 0. The molecule has 1 aromatic carbocycles. The van der Waals surface area contributed by atoms with Crippen molar-refractivity contribution in [2.45, 2.75) is 31.3 Å². The molecule has 1 rings (SSSR count). The lowest BCUT2D eigenvalue weighted by Gasteiger charge is -2.14. The number of alkyl halides is 4. The van der Waals surface area contributed by atoms with Crippen LogP contribution in [-0.2, 0) is 4.74 Å². The average molecular weight is 343 g/mol. The summed E-state index contributed by atoms with van der Waals surface area (Å²) in [6, 6.07) is 3.37. The number of benzene rings is 1. The van der Waals surface area contributed by atoms with Gasteiger partial charge in [-0.25, -0.2) is 4.39 Å². The highest BCUT2D eigenvalue weighted by Crippen LogP contribution is 2.29. The lowest BCUT2D eigenvalue weighted by molar-refractivity contribution is -0.174. The summed E-state index contributed by atoms with van der Waals surface area (Å²) in [6.45, 7) is 2.07. The molecule has 1 aromatic rings. The predicted molar refractivity (Wildman–Crippen MR) is 69.0 cm³/mol. The number of rotatable bonds is 5. The van der Waals surface area contributed by atoms with Crippen molar-refractivity contribution < 1.29 is 22.3 Å². The topological polar surface area (TPSA) is 9.23 Å². The van der Waals surface area contributed by atoms with Crippen LogP contribution in [0.15, 0.2) is 12.1 Å². The molecular formula is C13H15BrF4O. The lowest BCUT2D eigenvalue weighted by Crippen LogP contribution is -2.17. The first kappa shape index (κ1) is 16.4. The van der Waals surface area contributed by atoms with Crippen molar-refractivity contribution in [2.24, 2.45) is 0 Å². The van der Waals surface area contributed by atoms with Crippen molar-refractivity contribution in [1.82, 2.24) is 0 Å². The van der Waals surface area contributed by atoms with Gasteiger partial charge in [0.05, 0.1) is 0 Å². The molecule has 0 aromatic heterocycles. The Morgan fingerprint density at radius 2 is 1.74 bits per heavy atom. The molecule has 1 unspecified atom stereocenters. The standard InChI is InChI=1S/C13H15BrF4O/c1-8-5-10(6-9(2)12(8)15)11(14)3-4-19-7-13(16,17)18/h5-6,11H,3-4,7H2,1-2H3. The van der Waals surface area contributed by atoms with Crippen LogP contribution < -0.4 is 0 Å². The molecule has 0 saturated heterocycles. The van der Waals surface area contributed by atoms with E-state index in [-0.39, 0.29) is 17.3 Å². The van der Waals surface area contributed by atoms with E-state index in [1.165, 1.54) is 0 Å². The first-order chi connectivity index (χ1) is 8.70. The van der Waals surface area contributed by atoms with E-state index in [1.807, 2.05) is 0 Å². The second-order valence-corrected chi connectivity index (χ2v) is 5.50. The minimum absolute atomic E-state index is 0.00903. The summed E-state index contributed by atoms with van der Waals surface area (Å²) in [5.41, 5.74) is 1.89. The van der Waals surface area contributed by atoms with Crippen molar-refractivity contribution >= 4 is 15.9 Å². The first-order valence-corrected chi connectivity index (χ1v) is 6.67. The maximum atomic E-state index is 13.4. The molecule has 0 radical (unpaired) electrons. The Morgan fingerprint density at radius 3 is 2.21 bits per heavy atom. The summed E-state index contributed by atoms with van der Waals surface area (Å²) in [6.07, 6.45) is -3.91. The summed E-state index contributed by atoms with van der Waals surface area (Å²) >= 11 is 3.38. The molecule has 1 nitrogen and oxygen atoms in total. The van der Waals surface area contributed by atoms with E-state index in [0.717, 1.165) is 5.56 Å². The highest BCUT2D eigenvalue weighted by atomic mass is 79.9. The van der Waals surface area contributed by atoms with Crippen molar-refractivity contribution in [1.29, 1.82) is 0 Å². The van der Waals surface area contributed by atoms with E-state index < -0.39 is 12.8 Å². The smallest absolute Gasteiger partial charge is 0.372 e. The van der Waals surface area contributed by atoms with Gasteiger partial charge in [0, 0.05) is 11.4 Å². The number of halogens is 5. The van der Waals surface area contributed by atoms with Crippen molar-refractivity contribution in [3.63, 3.8) is 0 Å². The summed E-state index contributed by atoms with van der Waals surface area (Å²) in [5, 5.41) is 0. The summed E-state index contributed by atoms with van der Waals surface area (Å²) in [5.74, 6) is -0.253. The SMILES string of the molecule is Cc1cc(C(Br)CCOCC(F)(F)F)cc(C)c1F. The third-order valence-corrected chi connectivity index (χ3v) is 3.59. The van der Waals surface area contributed by atoms with Gasteiger partial charge in [-0.3, -0.25) is 0 Å². The van der Waals surface area contributed by atoms with Gasteiger partial charge in [0.2, 0.25) is 0 Å². The zero-order valence-corrected chi connectivity index (χ0v) is 12.2. The Hall–Kier alpha value is -0.620. The second kappa shape index (κ2) is 6.70. The Morgan fingerprint density at radius 1 is 1.21 bits per heavy atom. The van der Waals surface area contributed by atoms with Crippen LogP contribution in [0, 0.1) is 19.7 Å². The molecule has 0 bridgehead atoms. The normalized spacial score (nSPS) is 13.6. The Kier molecular flexibility index (Phi) is 5.80.